The van der Waals surface area contributed by atoms with Gasteiger partial charge in [0.1, 0.15) is 11.6 Å². The molecule has 0 saturated carbocycles. The maximum absolute atomic E-state index is 14.0. The number of H-pyrrole nitrogens is 2. The van der Waals surface area contributed by atoms with E-state index in [1.165, 1.54) is 12.1 Å². The average molecular weight is 523 g/mol. The summed E-state index contributed by atoms with van der Waals surface area (Å²) in [7, 11) is 0. The molecule has 1 aromatic heterocycles. The van der Waals surface area contributed by atoms with Crippen LogP contribution < -0.4 is 16.2 Å². The highest BCUT2D eigenvalue weighted by Gasteiger charge is 2.37. The second-order valence-electron chi connectivity index (χ2n) is 7.97. The van der Waals surface area contributed by atoms with Crippen LogP contribution in [-0.4, -0.2) is 22.0 Å². The highest BCUT2D eigenvalue weighted by atomic mass is 35.5. The van der Waals surface area contributed by atoms with Crippen LogP contribution in [0.4, 0.5) is 27.6 Å². The lowest BCUT2D eigenvalue weighted by Gasteiger charge is -2.18. The van der Waals surface area contributed by atoms with E-state index < -0.39 is 52.4 Å². The summed E-state index contributed by atoms with van der Waals surface area (Å²) >= 11 is 6.23. The molecule has 1 aliphatic heterocycles. The Balaban J connectivity index is 1.68. The summed E-state index contributed by atoms with van der Waals surface area (Å²) in [6.45, 7) is 0. The molecular weight excluding hydrogens is 511 g/mol. The number of nitrogens with one attached hydrogen (secondary N) is 4. The van der Waals surface area contributed by atoms with E-state index in [2.05, 4.69) is 20.8 Å². The van der Waals surface area contributed by atoms with Crippen LogP contribution >= 0.6 is 11.6 Å². The molecule has 0 bridgehead atoms. The van der Waals surface area contributed by atoms with Gasteiger partial charge >= 0.3 is 6.18 Å². The molecule has 36 heavy (non-hydrogen) atoms. The lowest BCUT2D eigenvalue weighted by atomic mass is 9.94. The summed E-state index contributed by atoms with van der Waals surface area (Å²) in [5, 5.41) is 9.89. The summed E-state index contributed by atoms with van der Waals surface area (Å²) in [4.78, 5) is 38.1. The van der Waals surface area contributed by atoms with Crippen molar-refractivity contribution in [2.24, 2.45) is 0 Å². The van der Waals surface area contributed by atoms with E-state index in [4.69, 9.17) is 11.6 Å². The van der Waals surface area contributed by atoms with Gasteiger partial charge in [-0.2, -0.15) is 13.2 Å². The molecule has 2 amide bonds. The number of rotatable bonds is 3. The predicted molar refractivity (Wildman–Crippen MR) is 119 cm³/mol. The van der Waals surface area contributed by atoms with Crippen molar-refractivity contribution in [2.75, 3.05) is 5.32 Å². The van der Waals surface area contributed by atoms with Gasteiger partial charge < -0.3 is 10.6 Å². The quantitative estimate of drug-likeness (QED) is 0.288. The number of alkyl halides is 3. The van der Waals surface area contributed by atoms with Crippen LogP contribution in [0.2, 0.25) is 5.02 Å². The van der Waals surface area contributed by atoms with Crippen molar-refractivity contribution in [3.8, 4) is 0 Å². The van der Waals surface area contributed by atoms with Crippen molar-refractivity contribution in [1.82, 2.24) is 15.5 Å². The maximum Gasteiger partial charge on any atom is 0.416 e. The van der Waals surface area contributed by atoms with Gasteiger partial charge in [-0.25, -0.2) is 8.78 Å². The van der Waals surface area contributed by atoms with E-state index in [0.29, 0.717) is 12.1 Å². The van der Waals surface area contributed by atoms with Crippen LogP contribution in [0, 0.1) is 11.6 Å². The first-order valence-corrected chi connectivity index (χ1v) is 10.5. The van der Waals surface area contributed by atoms with E-state index in [9.17, 15) is 36.3 Å². The highest BCUT2D eigenvalue weighted by molar-refractivity contribution is 6.31. The number of hydrogen-bond donors (Lipinski definition) is 4. The van der Waals surface area contributed by atoms with Crippen molar-refractivity contribution in [1.29, 1.82) is 0 Å². The molecule has 3 aromatic carbocycles. The number of aromatic nitrogens is 2. The third kappa shape index (κ3) is 3.88. The van der Waals surface area contributed by atoms with Crippen LogP contribution in [0.1, 0.15) is 43.4 Å². The minimum atomic E-state index is -4.91. The van der Waals surface area contributed by atoms with Gasteiger partial charge in [0, 0.05) is 27.4 Å². The van der Waals surface area contributed by atoms with Gasteiger partial charge in [0.25, 0.3) is 17.4 Å². The monoisotopic (exact) mass is 522 g/mol. The Morgan fingerprint density at radius 2 is 1.72 bits per heavy atom. The molecule has 1 aliphatic rings. The van der Waals surface area contributed by atoms with E-state index in [-0.39, 0.29) is 44.4 Å². The molecule has 0 radical (unpaired) electrons. The second-order valence-corrected chi connectivity index (χ2v) is 8.37. The smallest absolute Gasteiger partial charge is 0.341 e. The Labute approximate surface area is 202 Å². The third-order valence-electron chi connectivity index (χ3n) is 5.71. The van der Waals surface area contributed by atoms with Crippen molar-refractivity contribution >= 4 is 40.0 Å². The molecule has 1 atom stereocenters. The first-order valence-electron chi connectivity index (χ1n) is 10.2. The molecule has 184 valence electrons. The number of anilines is 1. The van der Waals surface area contributed by atoms with Gasteiger partial charge in [-0.1, -0.05) is 11.6 Å². The van der Waals surface area contributed by atoms with Crippen molar-refractivity contribution in [3.63, 3.8) is 0 Å². The average Bonchev–Trinajstić information content (AvgIpc) is 3.34. The zero-order valence-electron chi connectivity index (χ0n) is 17.6. The number of fused-ring (bicyclic) bond motifs is 3. The van der Waals surface area contributed by atoms with Gasteiger partial charge in [-0.3, -0.25) is 24.6 Å². The van der Waals surface area contributed by atoms with Gasteiger partial charge in [0.15, 0.2) is 0 Å². The summed E-state index contributed by atoms with van der Waals surface area (Å²) in [6.07, 6.45) is -4.91. The van der Waals surface area contributed by atoms with Crippen molar-refractivity contribution in [2.45, 2.75) is 12.2 Å². The van der Waals surface area contributed by atoms with E-state index in [0.717, 1.165) is 12.1 Å². The number of amides is 2. The van der Waals surface area contributed by atoms with Crippen LogP contribution in [-0.2, 0) is 6.18 Å². The number of carbonyl (C=O) groups excluding carboxylic acids is 2. The van der Waals surface area contributed by atoms with Crippen LogP contribution in [0.25, 0.3) is 10.9 Å². The fourth-order valence-electron chi connectivity index (χ4n) is 4.16. The Kier molecular flexibility index (Phi) is 5.36. The molecule has 0 aliphatic carbocycles. The molecule has 1 unspecified atom stereocenters. The van der Waals surface area contributed by atoms with Gasteiger partial charge in [0.2, 0.25) is 0 Å². The normalized spacial score (nSPS) is 15.2. The molecule has 5 rings (SSSR count). The molecule has 4 N–H and O–H groups in total. The molecular formula is C23H12ClF5N4O3. The number of halogens is 6. The van der Waals surface area contributed by atoms with Gasteiger partial charge in [-0.15, -0.1) is 0 Å². The Bertz CT molecular complexity index is 1640. The number of aromatic amines is 2. The van der Waals surface area contributed by atoms with E-state index >= 15 is 0 Å². The van der Waals surface area contributed by atoms with E-state index in [1.807, 2.05) is 0 Å². The SMILES string of the molecule is O=C(Nc1cc2c(=O)[nH][nH]c2c2c1C(c1cc(F)ccc1Cl)NC2=O)c1cc(F)cc(C(F)(F)F)c1. The van der Waals surface area contributed by atoms with Crippen molar-refractivity contribution in [3.05, 3.63) is 97.3 Å². The lowest BCUT2D eigenvalue weighted by molar-refractivity contribution is -0.137. The fraction of sp³-hybridized carbons (Fsp3) is 0.0870. The molecule has 0 spiro atoms. The summed E-state index contributed by atoms with van der Waals surface area (Å²) in [5.41, 5.74) is -2.60. The lowest BCUT2D eigenvalue weighted by Crippen LogP contribution is -2.21. The fourth-order valence-corrected chi connectivity index (χ4v) is 4.38. The van der Waals surface area contributed by atoms with Gasteiger partial charge in [0.05, 0.1) is 28.1 Å². The number of benzene rings is 3. The molecule has 2 heterocycles. The first kappa shape index (κ1) is 23.5. The van der Waals surface area contributed by atoms with Gasteiger partial charge in [-0.05, 0) is 42.5 Å². The zero-order valence-corrected chi connectivity index (χ0v) is 18.4. The number of carbonyl (C=O) groups is 2. The Morgan fingerprint density at radius 1 is 0.972 bits per heavy atom. The summed E-state index contributed by atoms with van der Waals surface area (Å²) in [5.74, 6) is -3.79. The zero-order chi connectivity index (χ0) is 25.9. The van der Waals surface area contributed by atoms with Crippen LogP contribution in [0.3, 0.4) is 0 Å². The topological polar surface area (TPSA) is 107 Å². The van der Waals surface area contributed by atoms with Crippen LogP contribution in [0.15, 0.2) is 47.3 Å². The van der Waals surface area contributed by atoms with Crippen molar-refractivity contribution < 1.29 is 31.5 Å². The minimum Gasteiger partial charge on any atom is -0.341 e. The molecule has 7 nitrogen and oxygen atoms in total. The first-order chi connectivity index (χ1) is 16.9. The predicted octanol–water partition coefficient (Wildman–Crippen LogP) is 4.89. The maximum atomic E-state index is 14.0. The number of hydrogen-bond acceptors (Lipinski definition) is 3. The highest BCUT2D eigenvalue weighted by Crippen LogP contribution is 2.42. The molecule has 13 heteroatoms. The molecule has 4 aromatic rings. The third-order valence-corrected chi connectivity index (χ3v) is 6.05. The molecule has 0 saturated heterocycles. The Morgan fingerprint density at radius 3 is 2.44 bits per heavy atom. The standard InChI is InChI=1S/C23H12ClF5N4O3/c24-14-2-1-10(25)6-12(14)18-16-15(7-13-19(32-33-21(13)35)17(16)22(36)31-18)30-20(34)8-3-9(23(27,28)29)5-11(26)4-8/h1-7,18H,(H,30,34)(H,31,36)(H2,32,33,35). The second kappa shape index (κ2) is 8.19. The van der Waals surface area contributed by atoms with Crippen LogP contribution in [0.5, 0.6) is 0 Å². The largest absolute Gasteiger partial charge is 0.416 e. The minimum absolute atomic E-state index is 0.0413. The van der Waals surface area contributed by atoms with E-state index in [1.54, 1.807) is 0 Å². The summed E-state index contributed by atoms with van der Waals surface area (Å²) in [6, 6.07) is 4.85. The molecule has 0 fully saturated rings. The Hall–Kier alpha value is -4.19. The summed E-state index contributed by atoms with van der Waals surface area (Å²) < 4.78 is 67.3.